The Morgan fingerprint density at radius 3 is 2.51 bits per heavy atom. The molecular formula is C59H65FN8O11S. The molecule has 7 aromatic rings. The number of piperidine rings is 1. The van der Waals surface area contributed by atoms with Crippen LogP contribution in [0.25, 0.3) is 22.0 Å². The first-order valence-electron chi connectivity index (χ1n) is 27.4. The highest BCUT2D eigenvalue weighted by atomic mass is 32.2. The molecule has 1 saturated carbocycles. The predicted octanol–water partition coefficient (Wildman–Crippen LogP) is 10.5. The number of sulfonamides is 1. The third kappa shape index (κ3) is 10.4. The number of piperazine rings is 1. The molecule has 1 spiro atoms. The summed E-state index contributed by atoms with van der Waals surface area (Å²) in [5.74, 6) is 0.670. The maximum atomic E-state index is 15.6. The Kier molecular flexibility index (Phi) is 14.1. The lowest BCUT2D eigenvalue weighted by Gasteiger charge is -2.58. The highest BCUT2D eigenvalue weighted by molar-refractivity contribution is 7.90. The smallest absolute Gasteiger partial charge is 0.297 e. The van der Waals surface area contributed by atoms with E-state index >= 15 is 4.39 Å². The van der Waals surface area contributed by atoms with Crippen LogP contribution in [0, 0.1) is 22.5 Å². The van der Waals surface area contributed by atoms with Gasteiger partial charge in [-0.3, -0.25) is 24.7 Å². The van der Waals surface area contributed by atoms with E-state index in [1.54, 1.807) is 31.5 Å². The molecule has 12 rings (SSSR count). The van der Waals surface area contributed by atoms with Gasteiger partial charge in [0.15, 0.2) is 28.5 Å². The minimum atomic E-state index is -4.89. The number of alkyl halides is 1. The van der Waals surface area contributed by atoms with Gasteiger partial charge in [-0.05, 0) is 103 Å². The van der Waals surface area contributed by atoms with Crippen LogP contribution in [-0.2, 0) is 21.3 Å². The first kappa shape index (κ1) is 53.2. The maximum Gasteiger partial charge on any atom is 0.297 e. The van der Waals surface area contributed by atoms with Gasteiger partial charge in [0, 0.05) is 119 Å². The van der Waals surface area contributed by atoms with Gasteiger partial charge in [-0.1, -0.05) is 38.1 Å². The summed E-state index contributed by atoms with van der Waals surface area (Å²) in [6.45, 7) is 11.2. The van der Waals surface area contributed by atoms with E-state index < -0.39 is 43.9 Å². The van der Waals surface area contributed by atoms with Crippen molar-refractivity contribution in [1.29, 1.82) is 0 Å². The van der Waals surface area contributed by atoms with E-state index in [9.17, 15) is 23.3 Å². The standard InChI is InChI=1S/C59H65FN8O11S/c1-36(2)44-7-5-6-8-45(44)48-33-65(32-38-24-40-23-37(3)78-53(40)50(25-38)74-4)19-20-67(48)42-29-58(30-42)12-17-66(18-13-58)41-9-10-46(49(27-41)79-43-26-39-11-16-61-56(39)62-31-43)57(69)64-80(72,73)51-28-47(68(70)71)52(55-54(51)76-35-77-55)63-34-59(60)14-21-75-22-15-59/h5-11,16,23-28,31,36,42,48,63H,12-15,17-22,29-30,32-35H2,1-4H3,(H,61,62)(H,64,69). The van der Waals surface area contributed by atoms with Crippen LogP contribution in [0.15, 0.2) is 101 Å². The molecule has 3 N–H and O–H groups in total. The van der Waals surface area contributed by atoms with Crippen molar-refractivity contribution in [3.8, 4) is 28.7 Å². The Hall–Kier alpha value is -7.46. The number of nitro groups is 1. The summed E-state index contributed by atoms with van der Waals surface area (Å²) in [6.07, 6.45) is 7.53. The fourth-order valence-corrected chi connectivity index (χ4v) is 13.8. The molecule has 21 heteroatoms. The molecule has 1 atom stereocenters. The van der Waals surface area contributed by atoms with Gasteiger partial charge in [0.1, 0.15) is 33.5 Å². The first-order valence-corrected chi connectivity index (χ1v) is 28.9. The number of amides is 1. The van der Waals surface area contributed by atoms with Crippen LogP contribution in [0.5, 0.6) is 28.7 Å². The zero-order valence-electron chi connectivity index (χ0n) is 45.2. The average molecular weight is 1110 g/mol. The molecular weight excluding hydrogens is 1050 g/mol. The zero-order chi connectivity index (χ0) is 55.5. The van der Waals surface area contributed by atoms with E-state index in [1.807, 2.05) is 13.0 Å². The normalized spacial score (nSPS) is 19.4. The van der Waals surface area contributed by atoms with Gasteiger partial charge < -0.3 is 43.3 Å². The zero-order valence-corrected chi connectivity index (χ0v) is 46.0. The van der Waals surface area contributed by atoms with Crippen LogP contribution in [0.4, 0.5) is 21.5 Å². The van der Waals surface area contributed by atoms with Crippen molar-refractivity contribution in [3.63, 3.8) is 0 Å². The van der Waals surface area contributed by atoms with Crippen molar-refractivity contribution in [2.45, 2.75) is 94.4 Å². The Bertz CT molecular complexity index is 3620. The molecule has 5 aliphatic rings. The molecule has 420 valence electrons. The van der Waals surface area contributed by atoms with Crippen LogP contribution < -0.4 is 33.9 Å². The van der Waals surface area contributed by atoms with Crippen molar-refractivity contribution in [1.82, 2.24) is 24.5 Å². The van der Waals surface area contributed by atoms with Crippen molar-refractivity contribution in [3.05, 3.63) is 129 Å². The summed E-state index contributed by atoms with van der Waals surface area (Å²) < 4.78 is 80.8. The van der Waals surface area contributed by atoms with Crippen molar-refractivity contribution in [2.75, 3.05) is 76.6 Å². The van der Waals surface area contributed by atoms with Gasteiger partial charge in [-0.25, -0.2) is 22.5 Å². The number of hydrogen-bond acceptors (Lipinski definition) is 16. The van der Waals surface area contributed by atoms with E-state index in [0.29, 0.717) is 23.4 Å². The predicted molar refractivity (Wildman–Crippen MR) is 299 cm³/mol. The summed E-state index contributed by atoms with van der Waals surface area (Å²) in [5.41, 5.74) is 3.57. The van der Waals surface area contributed by atoms with Crippen LogP contribution in [0.1, 0.15) is 97.1 Å². The fraction of sp³-hybridized carbons (Fsp3) is 0.424. The van der Waals surface area contributed by atoms with Gasteiger partial charge in [0.2, 0.25) is 6.79 Å². The molecule has 4 aromatic carbocycles. The first-order chi connectivity index (χ1) is 38.5. The fourth-order valence-electron chi connectivity index (χ4n) is 12.7. The maximum absolute atomic E-state index is 15.6. The molecule has 1 unspecified atom stereocenters. The third-order valence-corrected chi connectivity index (χ3v) is 18.3. The molecule has 0 radical (unpaired) electrons. The number of methoxy groups -OCH3 is 1. The highest BCUT2D eigenvalue weighted by Gasteiger charge is 2.50. The number of anilines is 2. The summed E-state index contributed by atoms with van der Waals surface area (Å²) in [4.78, 5) is 40.5. The molecule has 7 heterocycles. The largest absolute Gasteiger partial charge is 0.493 e. The summed E-state index contributed by atoms with van der Waals surface area (Å²) in [7, 11) is -3.20. The number of carbonyl (C=O) groups is 1. The molecule has 3 aromatic heterocycles. The number of aromatic amines is 1. The van der Waals surface area contributed by atoms with Crippen molar-refractivity contribution < 1.29 is 50.6 Å². The Morgan fingerprint density at radius 2 is 1.74 bits per heavy atom. The topological polar surface area (TPSA) is 216 Å². The highest BCUT2D eigenvalue weighted by Crippen LogP contribution is 2.54. The molecule has 0 bridgehead atoms. The third-order valence-electron chi connectivity index (χ3n) is 17.0. The number of halogens is 1. The monoisotopic (exact) mass is 1110 g/mol. The molecule has 4 aliphatic heterocycles. The number of nitrogens with one attached hydrogen (secondary N) is 3. The molecule has 3 saturated heterocycles. The average Bonchev–Trinajstić information content (AvgIpc) is 4.25. The number of carbonyl (C=O) groups excluding carboxylic acids is 1. The number of aromatic nitrogens is 2. The van der Waals surface area contributed by atoms with E-state index in [-0.39, 0.29) is 72.6 Å². The van der Waals surface area contributed by atoms with Crippen LogP contribution in [0.3, 0.4) is 0 Å². The number of fused-ring (bicyclic) bond motifs is 3. The van der Waals surface area contributed by atoms with Crippen LogP contribution in [0.2, 0.25) is 0 Å². The molecule has 19 nitrogen and oxygen atoms in total. The Balaban J connectivity index is 0.761. The van der Waals surface area contributed by atoms with E-state index in [1.165, 1.54) is 29.0 Å². The number of H-pyrrole nitrogens is 1. The second-order valence-electron chi connectivity index (χ2n) is 22.4. The Labute approximate surface area is 462 Å². The minimum Gasteiger partial charge on any atom is -0.493 e. The van der Waals surface area contributed by atoms with E-state index in [4.69, 9.17) is 28.1 Å². The number of hydrogen-bond donors (Lipinski definition) is 3. The van der Waals surface area contributed by atoms with E-state index in [2.05, 4.69) is 91.0 Å². The number of furan rings is 1. The van der Waals surface area contributed by atoms with Gasteiger partial charge in [0.05, 0.1) is 23.8 Å². The number of aryl methyl sites for hydroxylation is 1. The number of ether oxygens (including phenoxy) is 5. The molecule has 1 aliphatic carbocycles. The number of rotatable bonds is 16. The number of pyridine rings is 1. The SMILES string of the molecule is COc1cc(CN2CCN(C3CC4(CCN(c5ccc(C(=O)NS(=O)(=O)c6cc([N+](=O)[O-])c(NCC7(F)CCOCC7)c7c6OCO7)c(Oc6cnc7[nH]ccc7c6)c5)CC4)C3)C(c3ccccc3C(C)C)C2)cc2cc(C)oc12. The molecule has 4 fully saturated rings. The second-order valence-corrected chi connectivity index (χ2v) is 24.1. The lowest BCUT2D eigenvalue weighted by molar-refractivity contribution is -0.384. The number of benzene rings is 4. The van der Waals surface area contributed by atoms with Crippen LogP contribution >= 0.6 is 0 Å². The van der Waals surface area contributed by atoms with Gasteiger partial charge >= 0.3 is 0 Å². The number of nitrogens with zero attached hydrogens (tertiary/aromatic N) is 5. The summed E-state index contributed by atoms with van der Waals surface area (Å²) >= 11 is 0. The van der Waals surface area contributed by atoms with Crippen molar-refractivity contribution in [2.24, 2.45) is 5.41 Å². The summed E-state index contributed by atoms with van der Waals surface area (Å²) in [6, 6.07) is 25.4. The lowest BCUT2D eigenvalue weighted by atomic mass is 9.59. The Morgan fingerprint density at radius 1 is 0.950 bits per heavy atom. The summed E-state index contributed by atoms with van der Waals surface area (Å²) in [5, 5.41) is 17.1. The van der Waals surface area contributed by atoms with Gasteiger partial charge in [-0.15, -0.1) is 0 Å². The molecule has 1 amide bonds. The van der Waals surface area contributed by atoms with Crippen LogP contribution in [-0.4, -0.2) is 117 Å². The van der Waals surface area contributed by atoms with Gasteiger partial charge in [-0.2, -0.15) is 0 Å². The van der Waals surface area contributed by atoms with Crippen molar-refractivity contribution >= 4 is 55.0 Å². The van der Waals surface area contributed by atoms with E-state index in [0.717, 1.165) is 105 Å². The molecule has 80 heavy (non-hydrogen) atoms. The number of nitro benzene ring substituents is 1. The quantitative estimate of drug-likeness (QED) is 0.0606. The van der Waals surface area contributed by atoms with Gasteiger partial charge in [0.25, 0.3) is 21.6 Å². The second kappa shape index (κ2) is 21.2. The minimum absolute atomic E-state index is 0.0640. The lowest BCUT2D eigenvalue weighted by Crippen LogP contribution is -2.60.